The number of thioether (sulfide) groups is 2. The molecule has 1 amide bonds. The van der Waals surface area contributed by atoms with Crippen LogP contribution in [0.5, 0.6) is 0 Å². The van der Waals surface area contributed by atoms with Gasteiger partial charge in [0.1, 0.15) is 11.9 Å². The Bertz CT molecular complexity index is 1420. The van der Waals surface area contributed by atoms with Gasteiger partial charge in [-0.15, -0.1) is 0 Å². The quantitative estimate of drug-likeness (QED) is 0.169. The molecular weight excluding hydrogens is 610 g/mol. The van der Waals surface area contributed by atoms with Crippen LogP contribution in [0, 0.1) is 5.82 Å². The van der Waals surface area contributed by atoms with E-state index in [1.54, 1.807) is 37.7 Å². The highest BCUT2D eigenvalue weighted by Crippen LogP contribution is 2.26. The average Bonchev–Trinajstić information content (AvgIpc) is 3.49. The lowest BCUT2D eigenvalue weighted by Crippen LogP contribution is -2.43. The normalized spacial score (nSPS) is 16.7. The summed E-state index contributed by atoms with van der Waals surface area (Å²) in [5, 5.41) is 10.2. The molecule has 240 valence electrons. The highest BCUT2D eigenvalue weighted by Gasteiger charge is 2.28. The van der Waals surface area contributed by atoms with Crippen LogP contribution in [0.3, 0.4) is 0 Å². The molecule has 1 aliphatic heterocycles. The Balaban J connectivity index is 1.44. The zero-order chi connectivity index (χ0) is 32.2. The Morgan fingerprint density at radius 1 is 1.02 bits per heavy atom. The predicted octanol–water partition coefficient (Wildman–Crippen LogP) is 6.13. The van der Waals surface area contributed by atoms with Gasteiger partial charge in [0.05, 0.1) is 6.10 Å². The summed E-state index contributed by atoms with van der Waals surface area (Å²) in [6.07, 6.45) is 4.17. The van der Waals surface area contributed by atoms with Gasteiger partial charge in [0, 0.05) is 41.2 Å². The number of carbonyl (C=O) groups excluding carboxylic acids is 3. The maximum Gasteiger partial charge on any atom is 0.328 e. The fraction of sp³-hybridized carbons (Fsp3) is 0.400. The van der Waals surface area contributed by atoms with Crippen LogP contribution in [0.25, 0.3) is 0 Å². The molecule has 10 heteroatoms. The molecule has 0 unspecified atom stereocenters. The Hall–Kier alpha value is -3.34. The number of nitrogens with one attached hydrogen (secondary N) is 3. The summed E-state index contributed by atoms with van der Waals surface area (Å²) >= 11 is 2.97. The number of hydrogen-bond acceptors (Lipinski definition) is 8. The molecule has 4 rings (SSSR count). The first-order chi connectivity index (χ1) is 21.7. The summed E-state index contributed by atoms with van der Waals surface area (Å²) in [6, 6.07) is 20.8. The maximum absolute atomic E-state index is 13.7. The Labute approximate surface area is 273 Å². The highest BCUT2D eigenvalue weighted by atomic mass is 32.2. The molecule has 45 heavy (non-hydrogen) atoms. The van der Waals surface area contributed by atoms with Crippen LogP contribution in [0.1, 0.15) is 58.5 Å². The smallest absolute Gasteiger partial charge is 0.328 e. The van der Waals surface area contributed by atoms with Crippen molar-refractivity contribution >= 4 is 46.2 Å². The van der Waals surface area contributed by atoms with E-state index in [0.717, 1.165) is 29.8 Å². The number of benzene rings is 3. The van der Waals surface area contributed by atoms with Gasteiger partial charge in [0.2, 0.25) is 5.12 Å². The molecule has 3 N–H and O–H groups in total. The maximum atomic E-state index is 13.7. The molecule has 1 fully saturated rings. The third-order valence-corrected chi connectivity index (χ3v) is 9.31. The van der Waals surface area contributed by atoms with Crippen LogP contribution in [0.4, 0.5) is 10.1 Å². The first-order valence-electron chi connectivity index (χ1n) is 15.3. The number of rotatable bonds is 15. The minimum Gasteiger partial charge on any atom is -0.461 e. The van der Waals surface area contributed by atoms with Crippen LogP contribution in [-0.4, -0.2) is 65.5 Å². The van der Waals surface area contributed by atoms with Gasteiger partial charge < -0.3 is 20.7 Å². The number of anilines is 1. The van der Waals surface area contributed by atoms with Gasteiger partial charge in [-0.05, 0) is 86.9 Å². The zero-order valence-electron chi connectivity index (χ0n) is 26.0. The van der Waals surface area contributed by atoms with Gasteiger partial charge >= 0.3 is 5.97 Å². The zero-order valence-corrected chi connectivity index (χ0v) is 27.6. The van der Waals surface area contributed by atoms with E-state index in [4.69, 9.17) is 4.74 Å². The lowest BCUT2D eigenvalue weighted by Gasteiger charge is -2.20. The number of aryl methyl sites for hydroxylation is 2. The molecule has 1 heterocycles. The molecule has 0 aliphatic carbocycles. The molecule has 1 saturated heterocycles. The van der Waals surface area contributed by atoms with Crippen LogP contribution in [0.15, 0.2) is 72.8 Å². The Kier molecular flexibility index (Phi) is 13.3. The van der Waals surface area contributed by atoms with Gasteiger partial charge in [-0.3, -0.25) is 9.59 Å². The number of carbonyl (C=O) groups is 3. The van der Waals surface area contributed by atoms with Crippen LogP contribution < -0.4 is 16.0 Å². The summed E-state index contributed by atoms with van der Waals surface area (Å²) in [5.41, 5.74) is 3.78. The molecule has 0 radical (unpaired) electrons. The molecule has 7 nitrogen and oxygen atoms in total. The number of hydrogen-bond donors (Lipinski definition) is 3. The van der Waals surface area contributed by atoms with Gasteiger partial charge in [-0.25, -0.2) is 9.18 Å². The third kappa shape index (κ3) is 10.9. The molecular formula is C35H42FN3O4S2. The van der Waals surface area contributed by atoms with E-state index in [9.17, 15) is 18.8 Å². The topological polar surface area (TPSA) is 96.5 Å². The monoisotopic (exact) mass is 651 g/mol. The first-order valence-corrected chi connectivity index (χ1v) is 17.6. The third-order valence-electron chi connectivity index (χ3n) is 7.52. The van der Waals surface area contributed by atoms with Crippen molar-refractivity contribution in [3.63, 3.8) is 0 Å². The van der Waals surface area contributed by atoms with Crippen molar-refractivity contribution in [1.82, 2.24) is 10.6 Å². The van der Waals surface area contributed by atoms with E-state index in [0.29, 0.717) is 42.7 Å². The molecule has 0 saturated carbocycles. The summed E-state index contributed by atoms with van der Waals surface area (Å²) in [7, 11) is 0. The molecule has 3 aromatic rings. The lowest BCUT2D eigenvalue weighted by atomic mass is 9.98. The van der Waals surface area contributed by atoms with Gasteiger partial charge in [-0.2, -0.15) is 11.8 Å². The Morgan fingerprint density at radius 2 is 1.78 bits per heavy atom. The fourth-order valence-electron chi connectivity index (χ4n) is 5.14. The summed E-state index contributed by atoms with van der Waals surface area (Å²) < 4.78 is 18.9. The second kappa shape index (κ2) is 17.4. The SMILES string of the molecule is CSCC[C@H](NC(=O)c1cc(NC[C@@H]2C[C@H](SC(=O)c3ccccc3)CN2)ccc1CCc1ccc(F)cc1)C(=O)OC(C)C. The summed E-state index contributed by atoms with van der Waals surface area (Å²) in [6.45, 7) is 4.95. The van der Waals surface area contributed by atoms with Crippen molar-refractivity contribution in [2.75, 3.05) is 30.4 Å². The second-order valence-corrected chi connectivity index (χ2v) is 13.7. The molecule has 3 aromatic carbocycles. The molecule has 0 spiro atoms. The van der Waals surface area contributed by atoms with Crippen LogP contribution in [0.2, 0.25) is 0 Å². The van der Waals surface area contributed by atoms with Gasteiger partial charge in [0.25, 0.3) is 5.91 Å². The van der Waals surface area contributed by atoms with E-state index in [1.165, 1.54) is 23.9 Å². The first kappa shape index (κ1) is 34.5. The Morgan fingerprint density at radius 3 is 2.49 bits per heavy atom. The van der Waals surface area contributed by atoms with Crippen LogP contribution >= 0.6 is 23.5 Å². The van der Waals surface area contributed by atoms with E-state index in [1.807, 2.05) is 54.8 Å². The molecule has 3 atom stereocenters. The summed E-state index contributed by atoms with van der Waals surface area (Å²) in [4.78, 5) is 39.2. The number of halogens is 1. The minimum atomic E-state index is -0.760. The minimum absolute atomic E-state index is 0.0796. The van der Waals surface area contributed by atoms with Crippen molar-refractivity contribution < 1.29 is 23.5 Å². The number of amides is 1. The van der Waals surface area contributed by atoms with Crippen LogP contribution in [-0.2, 0) is 22.4 Å². The predicted molar refractivity (Wildman–Crippen MR) is 183 cm³/mol. The van der Waals surface area contributed by atoms with Crippen molar-refractivity contribution in [2.24, 2.45) is 0 Å². The van der Waals surface area contributed by atoms with E-state index < -0.39 is 12.0 Å². The number of ether oxygens (including phenoxy) is 1. The molecule has 0 bridgehead atoms. The average molecular weight is 652 g/mol. The highest BCUT2D eigenvalue weighted by molar-refractivity contribution is 8.14. The lowest BCUT2D eigenvalue weighted by molar-refractivity contribution is -0.149. The van der Waals surface area contributed by atoms with Crippen molar-refractivity contribution in [3.05, 3.63) is 101 Å². The van der Waals surface area contributed by atoms with Gasteiger partial charge in [0.15, 0.2) is 0 Å². The second-order valence-electron chi connectivity index (χ2n) is 11.4. The fourth-order valence-corrected chi connectivity index (χ4v) is 6.70. The largest absolute Gasteiger partial charge is 0.461 e. The summed E-state index contributed by atoms with van der Waals surface area (Å²) in [5.74, 6) is -0.375. The van der Waals surface area contributed by atoms with Crippen molar-refractivity contribution in [3.8, 4) is 0 Å². The molecule has 1 aliphatic rings. The van der Waals surface area contributed by atoms with Gasteiger partial charge in [-0.1, -0.05) is 60.3 Å². The van der Waals surface area contributed by atoms with Crippen molar-refractivity contribution in [1.29, 1.82) is 0 Å². The van der Waals surface area contributed by atoms with Crippen molar-refractivity contribution in [2.45, 2.75) is 63.0 Å². The van der Waals surface area contributed by atoms with E-state index in [-0.39, 0.29) is 34.2 Å². The molecule has 0 aromatic heterocycles. The van der Waals surface area contributed by atoms with E-state index in [2.05, 4.69) is 16.0 Å². The van der Waals surface area contributed by atoms with E-state index >= 15 is 0 Å². The number of esters is 1. The standard InChI is InChI=1S/C35H42FN3O4S2/c1-23(2)43-34(41)32(17-18-44-3)39-33(40)31-20-28(16-13-25(31)12-9-24-10-14-27(36)15-11-24)37-21-29-19-30(22-38-29)45-35(42)26-7-5-4-6-8-26/h4-8,10-11,13-16,20,23,29-30,32,37-38H,9,12,17-19,21-22H2,1-3H3,(H,39,40)/t29-,30-,32-/m0/s1.